The number of nitrogen functional groups attached to an aromatic ring is 1. The molecule has 4 aromatic rings. The van der Waals surface area contributed by atoms with Crippen LogP contribution in [0.4, 0.5) is 5.69 Å². The monoisotopic (exact) mass is 500 g/mol. The van der Waals surface area contributed by atoms with Crippen LogP contribution >= 0.6 is 11.6 Å². The summed E-state index contributed by atoms with van der Waals surface area (Å²) in [5.41, 5.74) is -0.482. The molecule has 0 bridgehead atoms. The highest BCUT2D eigenvalue weighted by molar-refractivity contribution is 6.30. The smallest absolute Gasteiger partial charge is 0.353 e. The number of nitrogens with two attached hydrogens (primary N) is 1. The highest BCUT2D eigenvalue weighted by Crippen LogP contribution is 2.23. The standard InChI is InChI=1S/C22H21ClN6O6/c23-15-3-1-14(2-4-15)12-28-20(29(24)22(33)27(9-10-30)21(28)32)25-16-5-7-17(8-6-16)34-19-11-18(13-31)35-26-19/h1-8,11,30-31H,9-10,12-13,24H2. The molecule has 2 aromatic carbocycles. The molecule has 0 aliphatic carbocycles. The molecule has 0 atom stereocenters. The van der Waals surface area contributed by atoms with Crippen LogP contribution in [0.5, 0.6) is 11.6 Å². The van der Waals surface area contributed by atoms with Gasteiger partial charge in [-0.2, -0.15) is 4.68 Å². The Morgan fingerprint density at radius 3 is 2.37 bits per heavy atom. The zero-order valence-electron chi connectivity index (χ0n) is 18.2. The fourth-order valence-electron chi connectivity index (χ4n) is 3.22. The summed E-state index contributed by atoms with van der Waals surface area (Å²) in [7, 11) is 0. The largest absolute Gasteiger partial charge is 0.436 e. The van der Waals surface area contributed by atoms with E-state index in [-0.39, 0.29) is 37.0 Å². The number of rotatable bonds is 8. The first-order valence-electron chi connectivity index (χ1n) is 10.4. The van der Waals surface area contributed by atoms with Gasteiger partial charge in [0.25, 0.3) is 5.88 Å². The van der Waals surface area contributed by atoms with Gasteiger partial charge < -0.3 is 25.3 Å². The first-order valence-corrected chi connectivity index (χ1v) is 10.7. The maximum atomic E-state index is 13.1. The number of aliphatic hydroxyl groups excluding tert-OH is 2. The van der Waals surface area contributed by atoms with E-state index in [0.29, 0.717) is 16.5 Å². The van der Waals surface area contributed by atoms with E-state index in [2.05, 4.69) is 10.1 Å². The van der Waals surface area contributed by atoms with E-state index in [0.717, 1.165) is 14.8 Å². The second-order valence-electron chi connectivity index (χ2n) is 7.32. The second kappa shape index (κ2) is 10.4. The number of hydrogen-bond donors (Lipinski definition) is 3. The molecular formula is C22H21ClN6O6. The third-order valence-electron chi connectivity index (χ3n) is 4.91. The van der Waals surface area contributed by atoms with Crippen LogP contribution in [0.1, 0.15) is 11.3 Å². The molecule has 0 unspecified atom stereocenters. The number of benzene rings is 2. The van der Waals surface area contributed by atoms with Gasteiger partial charge in [-0.3, -0.25) is 4.57 Å². The quantitative estimate of drug-likeness (QED) is 0.298. The first kappa shape index (κ1) is 24.0. The Bertz CT molecular complexity index is 1500. The predicted octanol–water partition coefficient (Wildman–Crippen LogP) is 0.724. The van der Waals surface area contributed by atoms with Crippen molar-refractivity contribution < 1.29 is 19.5 Å². The molecule has 0 saturated carbocycles. The number of nitrogens with zero attached hydrogens (tertiary/aromatic N) is 5. The molecule has 2 aromatic heterocycles. The Morgan fingerprint density at radius 2 is 1.74 bits per heavy atom. The molecule has 0 aliphatic heterocycles. The van der Waals surface area contributed by atoms with Crippen molar-refractivity contribution in [2.75, 3.05) is 12.4 Å². The molecule has 0 amide bonds. The summed E-state index contributed by atoms with van der Waals surface area (Å²) in [5.74, 6) is 6.86. The maximum absolute atomic E-state index is 13.1. The van der Waals surface area contributed by atoms with Gasteiger partial charge in [0.1, 0.15) is 12.4 Å². The summed E-state index contributed by atoms with van der Waals surface area (Å²) in [5, 5.41) is 22.6. The molecule has 0 fully saturated rings. The molecule has 2 heterocycles. The summed E-state index contributed by atoms with van der Waals surface area (Å²) in [6, 6.07) is 14.7. The van der Waals surface area contributed by atoms with Gasteiger partial charge in [0.05, 0.1) is 25.4 Å². The average Bonchev–Trinajstić information content (AvgIpc) is 3.32. The van der Waals surface area contributed by atoms with Crippen molar-refractivity contribution in [1.29, 1.82) is 0 Å². The third-order valence-corrected chi connectivity index (χ3v) is 5.17. The number of hydrogen-bond acceptors (Lipinski definition) is 9. The molecule has 0 spiro atoms. The lowest BCUT2D eigenvalue weighted by Crippen LogP contribution is -2.57. The molecule has 0 saturated heterocycles. The van der Waals surface area contributed by atoms with Gasteiger partial charge in [-0.15, -0.1) is 0 Å². The van der Waals surface area contributed by atoms with Gasteiger partial charge in [-0.1, -0.05) is 23.7 Å². The Balaban J connectivity index is 1.75. The highest BCUT2D eigenvalue weighted by atomic mass is 35.5. The Kier molecular flexibility index (Phi) is 7.15. The fourth-order valence-corrected chi connectivity index (χ4v) is 3.34. The van der Waals surface area contributed by atoms with Gasteiger partial charge in [-0.05, 0) is 47.1 Å². The number of aliphatic hydroxyl groups is 2. The van der Waals surface area contributed by atoms with Crippen molar-refractivity contribution in [3.8, 4) is 11.6 Å². The first-order chi connectivity index (χ1) is 16.9. The minimum Gasteiger partial charge on any atom is -0.436 e. The van der Waals surface area contributed by atoms with Crippen molar-refractivity contribution >= 4 is 17.3 Å². The molecule has 35 heavy (non-hydrogen) atoms. The van der Waals surface area contributed by atoms with Crippen LogP contribution in [0, 0.1) is 0 Å². The summed E-state index contributed by atoms with van der Waals surface area (Å²) in [6.07, 6.45) is 0. The molecule has 12 nitrogen and oxygen atoms in total. The number of aromatic nitrogens is 4. The van der Waals surface area contributed by atoms with Gasteiger partial charge >= 0.3 is 11.4 Å². The lowest BCUT2D eigenvalue weighted by molar-refractivity contribution is 0.227. The van der Waals surface area contributed by atoms with Crippen LogP contribution in [-0.2, 0) is 19.7 Å². The Labute approximate surface area is 202 Å². The van der Waals surface area contributed by atoms with Crippen molar-refractivity contribution in [2.24, 2.45) is 4.99 Å². The summed E-state index contributed by atoms with van der Waals surface area (Å²) in [4.78, 5) is 30.2. The van der Waals surface area contributed by atoms with Crippen LogP contribution in [-0.4, -0.2) is 35.8 Å². The van der Waals surface area contributed by atoms with Crippen LogP contribution < -0.4 is 27.6 Å². The van der Waals surface area contributed by atoms with E-state index >= 15 is 0 Å². The van der Waals surface area contributed by atoms with Crippen molar-refractivity contribution in [3.05, 3.63) is 97.5 Å². The zero-order valence-corrected chi connectivity index (χ0v) is 19.0. The van der Waals surface area contributed by atoms with Crippen LogP contribution in [0.3, 0.4) is 0 Å². The van der Waals surface area contributed by atoms with Crippen LogP contribution in [0.2, 0.25) is 5.02 Å². The van der Waals surface area contributed by atoms with E-state index < -0.39 is 18.0 Å². The van der Waals surface area contributed by atoms with Gasteiger partial charge in [-0.25, -0.2) is 19.1 Å². The number of halogens is 1. The zero-order chi connectivity index (χ0) is 24.9. The van der Waals surface area contributed by atoms with E-state index in [1.807, 2.05) is 0 Å². The third kappa shape index (κ3) is 5.35. The van der Waals surface area contributed by atoms with E-state index in [1.165, 1.54) is 10.6 Å². The number of ether oxygens (including phenoxy) is 1. The fraction of sp³-hybridized carbons (Fsp3) is 0.182. The minimum absolute atomic E-state index is 0.0539. The summed E-state index contributed by atoms with van der Waals surface area (Å²) >= 11 is 5.95. The van der Waals surface area contributed by atoms with Crippen molar-refractivity contribution in [2.45, 2.75) is 19.7 Å². The van der Waals surface area contributed by atoms with Gasteiger partial charge in [0.2, 0.25) is 5.62 Å². The average molecular weight is 501 g/mol. The summed E-state index contributed by atoms with van der Waals surface area (Å²) < 4.78 is 13.2. The van der Waals surface area contributed by atoms with Crippen molar-refractivity contribution in [1.82, 2.24) is 19.0 Å². The van der Waals surface area contributed by atoms with Crippen molar-refractivity contribution in [3.63, 3.8) is 0 Å². The topological polar surface area (TPSA) is 163 Å². The maximum Gasteiger partial charge on any atom is 0.353 e. The lowest BCUT2D eigenvalue weighted by Gasteiger charge is -2.13. The molecular weight excluding hydrogens is 480 g/mol. The van der Waals surface area contributed by atoms with Crippen LogP contribution in [0.25, 0.3) is 0 Å². The van der Waals surface area contributed by atoms with Gasteiger partial charge in [0.15, 0.2) is 5.76 Å². The van der Waals surface area contributed by atoms with E-state index in [4.69, 9.17) is 31.8 Å². The summed E-state index contributed by atoms with van der Waals surface area (Å²) in [6.45, 7) is -0.887. The van der Waals surface area contributed by atoms with Crippen LogP contribution in [0.15, 0.2) is 73.7 Å². The molecule has 4 N–H and O–H groups in total. The molecule has 182 valence electrons. The highest BCUT2D eigenvalue weighted by Gasteiger charge is 2.13. The lowest BCUT2D eigenvalue weighted by atomic mass is 10.2. The minimum atomic E-state index is -0.819. The Morgan fingerprint density at radius 1 is 1.03 bits per heavy atom. The second-order valence-corrected chi connectivity index (χ2v) is 7.76. The molecule has 0 aliphatic rings. The van der Waals surface area contributed by atoms with E-state index in [1.54, 1.807) is 48.5 Å². The molecule has 13 heteroatoms. The predicted molar refractivity (Wildman–Crippen MR) is 125 cm³/mol. The van der Waals surface area contributed by atoms with Gasteiger partial charge in [0, 0.05) is 11.1 Å². The molecule has 4 rings (SSSR count). The normalized spacial score (nSPS) is 11.7. The molecule has 0 radical (unpaired) electrons. The Hall–Kier alpha value is -4.13. The SMILES string of the molecule is Nn1c(=O)n(CCO)c(=O)n(Cc2ccc(Cl)cc2)c1=Nc1ccc(Oc2cc(CO)on2)cc1. The van der Waals surface area contributed by atoms with E-state index in [9.17, 15) is 14.7 Å².